The van der Waals surface area contributed by atoms with E-state index >= 15 is 0 Å². The van der Waals surface area contributed by atoms with Crippen LogP contribution in [0.4, 0.5) is 5.82 Å². The van der Waals surface area contributed by atoms with Crippen LogP contribution >= 0.6 is 0 Å². The van der Waals surface area contributed by atoms with Crippen molar-refractivity contribution >= 4 is 11.5 Å². The molecular formula is C9H8N6. The monoisotopic (exact) mass is 200 g/mol. The molecule has 0 radical (unpaired) electrons. The van der Waals surface area contributed by atoms with Crippen LogP contribution in [0.15, 0.2) is 30.9 Å². The summed E-state index contributed by atoms with van der Waals surface area (Å²) < 4.78 is 1.60. The molecule has 0 spiro atoms. The maximum atomic E-state index is 5.76. The number of fused-ring (bicyclic) bond motifs is 1. The fraction of sp³-hybridized carbons (Fsp3) is 0. The predicted octanol–water partition coefficient (Wildman–Crippen LogP) is 0.702. The quantitative estimate of drug-likeness (QED) is 0.605. The molecule has 0 fully saturated rings. The van der Waals surface area contributed by atoms with Crippen molar-refractivity contribution in [1.82, 2.24) is 24.8 Å². The van der Waals surface area contributed by atoms with E-state index in [4.69, 9.17) is 5.73 Å². The van der Waals surface area contributed by atoms with E-state index in [1.54, 1.807) is 35.4 Å². The molecule has 6 heteroatoms. The number of nitrogens with two attached hydrogens (primary N) is 1. The number of aromatic amines is 1. The lowest BCUT2D eigenvalue weighted by molar-refractivity contribution is 0.952. The summed E-state index contributed by atoms with van der Waals surface area (Å²) in [4.78, 5) is 4.24. The molecule has 0 unspecified atom stereocenters. The van der Waals surface area contributed by atoms with Gasteiger partial charge in [0.1, 0.15) is 5.82 Å². The average molecular weight is 200 g/mol. The summed E-state index contributed by atoms with van der Waals surface area (Å²) in [5, 5.41) is 10.8. The lowest BCUT2D eigenvalue weighted by Gasteiger charge is -1.97. The van der Waals surface area contributed by atoms with Gasteiger partial charge in [-0.25, -0.2) is 4.98 Å². The van der Waals surface area contributed by atoms with Gasteiger partial charge in [0, 0.05) is 23.5 Å². The molecule has 6 nitrogen and oxygen atoms in total. The van der Waals surface area contributed by atoms with Gasteiger partial charge in [-0.05, 0) is 6.07 Å². The molecule has 3 rings (SSSR count). The number of nitrogens with one attached hydrogen (secondary N) is 1. The molecule has 0 amide bonds. The van der Waals surface area contributed by atoms with Crippen molar-refractivity contribution in [3.05, 3.63) is 30.9 Å². The molecular weight excluding hydrogens is 192 g/mol. The Labute approximate surface area is 84.8 Å². The Kier molecular flexibility index (Phi) is 1.49. The topological polar surface area (TPSA) is 84.9 Å². The zero-order valence-electron chi connectivity index (χ0n) is 7.75. The maximum absolute atomic E-state index is 5.76. The van der Waals surface area contributed by atoms with Gasteiger partial charge in [-0.1, -0.05) is 0 Å². The number of H-pyrrole nitrogens is 1. The van der Waals surface area contributed by atoms with Crippen LogP contribution < -0.4 is 5.73 Å². The van der Waals surface area contributed by atoms with Gasteiger partial charge in [-0.3, -0.25) is 5.10 Å². The molecule has 0 saturated heterocycles. The van der Waals surface area contributed by atoms with E-state index in [2.05, 4.69) is 20.3 Å². The number of hydrogen-bond acceptors (Lipinski definition) is 4. The predicted molar refractivity (Wildman–Crippen MR) is 55.0 cm³/mol. The van der Waals surface area contributed by atoms with Crippen LogP contribution in [-0.2, 0) is 0 Å². The Morgan fingerprint density at radius 3 is 3.07 bits per heavy atom. The molecule has 3 heterocycles. The molecule has 0 aliphatic heterocycles. The Morgan fingerprint density at radius 2 is 2.27 bits per heavy atom. The van der Waals surface area contributed by atoms with Gasteiger partial charge in [0.2, 0.25) is 0 Å². The minimum atomic E-state index is 0.565. The fourth-order valence-electron chi connectivity index (χ4n) is 1.51. The van der Waals surface area contributed by atoms with E-state index < -0.39 is 0 Å². The normalized spacial score (nSPS) is 10.9. The number of rotatable bonds is 1. The van der Waals surface area contributed by atoms with E-state index in [9.17, 15) is 0 Å². The Morgan fingerprint density at radius 1 is 1.33 bits per heavy atom. The number of aromatic nitrogens is 5. The number of anilines is 1. The van der Waals surface area contributed by atoms with Crippen LogP contribution in [0.2, 0.25) is 0 Å². The standard InChI is InChI=1S/C9H8N6/c10-8-1-2-11-9-7(5-14-15(8)9)6-3-12-13-4-6/h1-5H,10H2,(H,12,13). The minimum Gasteiger partial charge on any atom is -0.384 e. The van der Waals surface area contributed by atoms with Crippen LogP contribution in [-0.4, -0.2) is 24.8 Å². The molecule has 0 bridgehead atoms. The summed E-state index contributed by atoms with van der Waals surface area (Å²) in [7, 11) is 0. The van der Waals surface area contributed by atoms with Gasteiger partial charge >= 0.3 is 0 Å². The second-order valence-electron chi connectivity index (χ2n) is 3.15. The lowest BCUT2D eigenvalue weighted by Crippen LogP contribution is -1.98. The summed E-state index contributed by atoms with van der Waals surface area (Å²) in [6.45, 7) is 0. The zero-order chi connectivity index (χ0) is 10.3. The third-order valence-electron chi connectivity index (χ3n) is 2.24. The summed E-state index contributed by atoms with van der Waals surface area (Å²) in [6, 6.07) is 1.71. The molecule has 15 heavy (non-hydrogen) atoms. The summed E-state index contributed by atoms with van der Waals surface area (Å²) in [5.74, 6) is 0.565. The molecule has 3 aromatic rings. The number of nitrogen functional groups attached to an aromatic ring is 1. The van der Waals surface area contributed by atoms with Crippen LogP contribution in [0.5, 0.6) is 0 Å². The average Bonchev–Trinajstić information content (AvgIpc) is 2.85. The highest BCUT2D eigenvalue weighted by atomic mass is 15.3. The fourth-order valence-corrected chi connectivity index (χ4v) is 1.51. The Hall–Kier alpha value is -2.37. The Bertz CT molecular complexity index is 594. The summed E-state index contributed by atoms with van der Waals surface area (Å²) in [5.41, 5.74) is 8.35. The van der Waals surface area contributed by atoms with Gasteiger partial charge < -0.3 is 5.73 Å². The van der Waals surface area contributed by atoms with Gasteiger partial charge in [-0.15, -0.1) is 0 Å². The molecule has 0 saturated carbocycles. The smallest absolute Gasteiger partial charge is 0.165 e. The summed E-state index contributed by atoms with van der Waals surface area (Å²) in [6.07, 6.45) is 6.91. The van der Waals surface area contributed by atoms with Gasteiger partial charge in [0.15, 0.2) is 5.65 Å². The molecule has 0 atom stereocenters. The number of hydrogen-bond donors (Lipinski definition) is 2. The van der Waals surface area contributed by atoms with E-state index in [1.165, 1.54) is 0 Å². The molecule has 3 N–H and O–H groups in total. The second-order valence-corrected chi connectivity index (χ2v) is 3.15. The van der Waals surface area contributed by atoms with E-state index in [1.807, 2.05) is 0 Å². The second kappa shape index (κ2) is 2.81. The van der Waals surface area contributed by atoms with Crippen LogP contribution in [0.1, 0.15) is 0 Å². The molecule has 0 aliphatic carbocycles. The maximum Gasteiger partial charge on any atom is 0.165 e. The first-order valence-electron chi connectivity index (χ1n) is 4.43. The van der Waals surface area contributed by atoms with Gasteiger partial charge in [0.25, 0.3) is 0 Å². The summed E-state index contributed by atoms with van der Waals surface area (Å²) >= 11 is 0. The van der Waals surface area contributed by atoms with Gasteiger partial charge in [0.05, 0.1) is 12.4 Å². The largest absolute Gasteiger partial charge is 0.384 e. The minimum absolute atomic E-state index is 0.565. The third-order valence-corrected chi connectivity index (χ3v) is 2.24. The van der Waals surface area contributed by atoms with Crippen LogP contribution in [0.3, 0.4) is 0 Å². The highest BCUT2D eigenvalue weighted by Crippen LogP contribution is 2.22. The van der Waals surface area contributed by atoms with Crippen molar-refractivity contribution in [3.8, 4) is 11.1 Å². The van der Waals surface area contributed by atoms with Crippen molar-refractivity contribution in [2.45, 2.75) is 0 Å². The SMILES string of the molecule is Nc1ccnc2c(-c3cn[nH]c3)cnn12. The first-order chi connectivity index (χ1) is 7.36. The number of nitrogens with zero attached hydrogens (tertiary/aromatic N) is 4. The van der Waals surface area contributed by atoms with Crippen molar-refractivity contribution in [3.63, 3.8) is 0 Å². The highest BCUT2D eigenvalue weighted by Gasteiger charge is 2.09. The van der Waals surface area contributed by atoms with E-state index in [0.717, 1.165) is 16.8 Å². The van der Waals surface area contributed by atoms with Crippen molar-refractivity contribution in [2.24, 2.45) is 0 Å². The van der Waals surface area contributed by atoms with Crippen molar-refractivity contribution in [2.75, 3.05) is 5.73 Å². The van der Waals surface area contributed by atoms with Crippen molar-refractivity contribution < 1.29 is 0 Å². The third kappa shape index (κ3) is 1.08. The molecule has 74 valence electrons. The van der Waals surface area contributed by atoms with Gasteiger partial charge in [-0.2, -0.15) is 14.7 Å². The molecule has 3 aromatic heterocycles. The van der Waals surface area contributed by atoms with Crippen LogP contribution in [0.25, 0.3) is 16.8 Å². The van der Waals surface area contributed by atoms with E-state index in [0.29, 0.717) is 5.82 Å². The lowest BCUT2D eigenvalue weighted by atomic mass is 10.2. The Balaban J connectivity index is 2.34. The van der Waals surface area contributed by atoms with Crippen molar-refractivity contribution in [1.29, 1.82) is 0 Å². The van der Waals surface area contributed by atoms with Crippen LogP contribution in [0, 0.1) is 0 Å². The molecule has 0 aliphatic rings. The zero-order valence-corrected chi connectivity index (χ0v) is 7.75. The first-order valence-corrected chi connectivity index (χ1v) is 4.43. The highest BCUT2D eigenvalue weighted by molar-refractivity contribution is 5.76. The van der Waals surface area contributed by atoms with E-state index in [-0.39, 0.29) is 0 Å². The molecule has 0 aromatic carbocycles. The first kappa shape index (κ1) is 7.98.